The molecule has 0 spiro atoms. The summed E-state index contributed by atoms with van der Waals surface area (Å²) < 4.78 is 3.59. The molecule has 0 fully saturated rings. The summed E-state index contributed by atoms with van der Waals surface area (Å²) in [6.07, 6.45) is 2.46. The van der Waals surface area contributed by atoms with Gasteiger partial charge in [-0.1, -0.05) is 4.49 Å². The van der Waals surface area contributed by atoms with Crippen LogP contribution in [0, 0.1) is 10.1 Å². The molecule has 0 radical (unpaired) electrons. The highest BCUT2D eigenvalue weighted by molar-refractivity contribution is 7.10. The third kappa shape index (κ3) is 2.80. The number of nitrogens with zero attached hydrogens (tertiary/aromatic N) is 4. The highest BCUT2D eigenvalue weighted by atomic mass is 32.1. The van der Waals surface area contributed by atoms with E-state index >= 15 is 0 Å². The summed E-state index contributed by atoms with van der Waals surface area (Å²) in [6, 6.07) is 1.16. The van der Waals surface area contributed by atoms with Crippen molar-refractivity contribution in [3.05, 3.63) is 34.1 Å². The van der Waals surface area contributed by atoms with Crippen molar-refractivity contribution in [1.29, 1.82) is 0 Å². The molecule has 0 aliphatic heterocycles. The lowest BCUT2D eigenvalue weighted by molar-refractivity contribution is -0.385. The number of anilines is 2. The molecule has 0 saturated heterocycles. The molecule has 2 N–H and O–H groups in total. The van der Waals surface area contributed by atoms with E-state index in [2.05, 4.69) is 25.2 Å². The molecular weight excluding hydrogens is 272 g/mol. The second kappa shape index (κ2) is 5.35. The molecule has 2 aromatic heterocycles. The summed E-state index contributed by atoms with van der Waals surface area (Å²) in [7, 11) is 1.57. The van der Waals surface area contributed by atoms with Gasteiger partial charge in [0.1, 0.15) is 17.0 Å². The number of nitrogens with one attached hydrogen (secondary N) is 2. The van der Waals surface area contributed by atoms with Gasteiger partial charge >= 0.3 is 0 Å². The summed E-state index contributed by atoms with van der Waals surface area (Å²) in [5.41, 5.74) is -0.184. The minimum absolute atomic E-state index is 0.0742. The van der Waals surface area contributed by atoms with Crippen LogP contribution in [0.2, 0.25) is 0 Å². The van der Waals surface area contributed by atoms with Gasteiger partial charge in [-0.05, 0) is 0 Å². The molecule has 2 heterocycles. The Labute approximate surface area is 111 Å². The topological polar surface area (TPSA) is 123 Å². The van der Waals surface area contributed by atoms with Gasteiger partial charge < -0.3 is 10.6 Å². The van der Waals surface area contributed by atoms with Crippen LogP contribution in [0.15, 0.2) is 18.5 Å². The molecule has 2 aromatic rings. The maximum Gasteiger partial charge on any atom is 0.288 e. The largest absolute Gasteiger partial charge is 0.372 e. The maximum atomic E-state index is 12.0. The van der Waals surface area contributed by atoms with E-state index in [1.165, 1.54) is 6.20 Å². The van der Waals surface area contributed by atoms with Gasteiger partial charge in [0.15, 0.2) is 0 Å². The zero-order valence-corrected chi connectivity index (χ0v) is 10.5. The van der Waals surface area contributed by atoms with Crippen molar-refractivity contribution in [2.24, 2.45) is 0 Å². The van der Waals surface area contributed by atoms with Crippen molar-refractivity contribution in [1.82, 2.24) is 14.6 Å². The standard InChI is InChI=1S/C9H8N6O3S/c1-10-8-6(2-5(3-11-8)15(17)18)9(16)13-7-4-12-14-19-7/h2-4H,1H3,(H,10,11)(H,13,16). The summed E-state index contributed by atoms with van der Waals surface area (Å²) >= 11 is 1.00. The molecule has 0 aliphatic rings. The van der Waals surface area contributed by atoms with E-state index in [-0.39, 0.29) is 17.1 Å². The van der Waals surface area contributed by atoms with E-state index in [0.717, 1.165) is 23.8 Å². The molecule has 2 rings (SSSR count). The first-order valence-electron chi connectivity index (χ1n) is 5.02. The van der Waals surface area contributed by atoms with E-state index < -0.39 is 10.8 Å². The van der Waals surface area contributed by atoms with Gasteiger partial charge in [0.25, 0.3) is 11.6 Å². The first kappa shape index (κ1) is 12.8. The fourth-order valence-corrected chi connectivity index (χ4v) is 1.74. The second-order valence-corrected chi connectivity index (χ2v) is 4.12. The first-order valence-corrected chi connectivity index (χ1v) is 5.80. The first-order chi connectivity index (χ1) is 9.11. The fourth-order valence-electron chi connectivity index (χ4n) is 1.33. The predicted octanol–water partition coefficient (Wildman–Crippen LogP) is 1.14. The number of carbonyl (C=O) groups excluding carboxylic acids is 1. The molecule has 0 bridgehead atoms. The monoisotopic (exact) mass is 280 g/mol. The van der Waals surface area contributed by atoms with Gasteiger partial charge in [0.2, 0.25) is 0 Å². The van der Waals surface area contributed by atoms with E-state index in [9.17, 15) is 14.9 Å². The Balaban J connectivity index is 2.33. The van der Waals surface area contributed by atoms with Gasteiger partial charge in [-0.15, -0.1) is 5.10 Å². The lowest BCUT2D eigenvalue weighted by Gasteiger charge is -2.06. The van der Waals surface area contributed by atoms with Crippen LogP contribution in [0.4, 0.5) is 16.5 Å². The smallest absolute Gasteiger partial charge is 0.288 e. The van der Waals surface area contributed by atoms with Crippen molar-refractivity contribution in [3.8, 4) is 0 Å². The minimum Gasteiger partial charge on any atom is -0.372 e. The SMILES string of the molecule is CNc1ncc([N+](=O)[O-])cc1C(=O)Nc1cnns1. The molecule has 98 valence electrons. The lowest BCUT2D eigenvalue weighted by Crippen LogP contribution is -2.14. The highest BCUT2D eigenvalue weighted by Crippen LogP contribution is 2.20. The van der Waals surface area contributed by atoms with Crippen molar-refractivity contribution < 1.29 is 9.72 Å². The van der Waals surface area contributed by atoms with E-state index in [0.29, 0.717) is 5.00 Å². The second-order valence-electron chi connectivity index (χ2n) is 3.33. The Hall–Kier alpha value is -2.62. The Kier molecular flexibility index (Phi) is 3.61. The van der Waals surface area contributed by atoms with Crippen LogP contribution in [-0.2, 0) is 0 Å². The minimum atomic E-state index is -0.614. The molecule has 0 unspecified atom stereocenters. The van der Waals surface area contributed by atoms with Crippen molar-refractivity contribution >= 4 is 33.9 Å². The quantitative estimate of drug-likeness (QED) is 0.635. The molecule has 0 saturated carbocycles. The number of amides is 1. The van der Waals surface area contributed by atoms with Gasteiger partial charge in [-0.3, -0.25) is 14.9 Å². The number of aromatic nitrogens is 3. The molecule has 9 nitrogen and oxygen atoms in total. The molecule has 0 aliphatic carbocycles. The number of nitro groups is 1. The van der Waals surface area contributed by atoms with Gasteiger partial charge in [-0.2, -0.15) is 0 Å². The zero-order chi connectivity index (χ0) is 13.8. The molecule has 10 heteroatoms. The van der Waals surface area contributed by atoms with Gasteiger partial charge in [0.05, 0.1) is 16.7 Å². The number of rotatable bonds is 4. The van der Waals surface area contributed by atoms with E-state index in [1.54, 1.807) is 7.05 Å². The van der Waals surface area contributed by atoms with Crippen LogP contribution >= 0.6 is 11.5 Å². The molecule has 1 amide bonds. The summed E-state index contributed by atoms with van der Waals surface area (Å²) in [4.78, 5) is 25.9. The molecule has 0 atom stereocenters. The Morgan fingerprint density at radius 1 is 1.47 bits per heavy atom. The maximum absolute atomic E-state index is 12.0. The molecule has 0 aromatic carbocycles. The normalized spacial score (nSPS) is 9.95. The molecule has 19 heavy (non-hydrogen) atoms. The highest BCUT2D eigenvalue weighted by Gasteiger charge is 2.18. The Morgan fingerprint density at radius 2 is 2.26 bits per heavy atom. The third-order valence-electron chi connectivity index (χ3n) is 2.16. The average Bonchev–Trinajstić information content (AvgIpc) is 2.90. The van der Waals surface area contributed by atoms with Crippen LogP contribution < -0.4 is 10.6 Å². The van der Waals surface area contributed by atoms with Crippen LogP contribution in [-0.4, -0.2) is 32.4 Å². The van der Waals surface area contributed by atoms with Crippen LogP contribution in [0.3, 0.4) is 0 Å². The van der Waals surface area contributed by atoms with Crippen molar-refractivity contribution in [3.63, 3.8) is 0 Å². The van der Waals surface area contributed by atoms with Gasteiger partial charge in [0, 0.05) is 24.6 Å². The summed E-state index contributed by atoms with van der Waals surface area (Å²) in [5.74, 6) is -0.271. The lowest BCUT2D eigenvalue weighted by atomic mass is 10.2. The predicted molar refractivity (Wildman–Crippen MR) is 68.3 cm³/mol. The summed E-state index contributed by atoms with van der Waals surface area (Å²) in [5, 5.41) is 19.9. The number of carbonyl (C=O) groups is 1. The Morgan fingerprint density at radius 3 is 2.84 bits per heavy atom. The van der Waals surface area contributed by atoms with Crippen molar-refractivity contribution in [2.45, 2.75) is 0 Å². The van der Waals surface area contributed by atoms with Crippen LogP contribution in [0.5, 0.6) is 0 Å². The zero-order valence-electron chi connectivity index (χ0n) is 9.65. The third-order valence-corrected chi connectivity index (χ3v) is 2.74. The number of pyridine rings is 1. The van der Waals surface area contributed by atoms with E-state index in [1.807, 2.05) is 0 Å². The molecular formula is C9H8N6O3S. The number of hydrogen-bond donors (Lipinski definition) is 2. The van der Waals surface area contributed by atoms with E-state index in [4.69, 9.17) is 0 Å². The summed E-state index contributed by atoms with van der Waals surface area (Å²) in [6.45, 7) is 0. The average molecular weight is 280 g/mol. The fraction of sp³-hybridized carbons (Fsp3) is 0.111. The van der Waals surface area contributed by atoms with Crippen molar-refractivity contribution in [2.75, 3.05) is 17.7 Å². The van der Waals surface area contributed by atoms with Crippen LogP contribution in [0.1, 0.15) is 10.4 Å². The van der Waals surface area contributed by atoms with Gasteiger partial charge in [-0.25, -0.2) is 4.98 Å². The number of hydrogen-bond acceptors (Lipinski definition) is 8. The van der Waals surface area contributed by atoms with Crippen LogP contribution in [0.25, 0.3) is 0 Å². The Bertz CT molecular complexity index is 614.